The molecule has 0 bridgehead atoms. The number of aryl methyl sites for hydroxylation is 3. The van der Waals surface area contributed by atoms with Crippen molar-refractivity contribution in [3.8, 4) is 0 Å². The molecule has 0 aliphatic rings. The van der Waals surface area contributed by atoms with Crippen LogP contribution in [0.1, 0.15) is 30.5 Å². The molecule has 0 aliphatic carbocycles. The van der Waals surface area contributed by atoms with Gasteiger partial charge in [-0.1, -0.05) is 0 Å². The lowest BCUT2D eigenvalue weighted by Crippen LogP contribution is -2.18. The Morgan fingerprint density at radius 3 is 2.94 bits per heavy atom. The van der Waals surface area contributed by atoms with Crippen molar-refractivity contribution in [1.82, 2.24) is 9.97 Å². The zero-order valence-electron chi connectivity index (χ0n) is 11.1. The van der Waals surface area contributed by atoms with Gasteiger partial charge in [-0.2, -0.15) is 0 Å². The summed E-state index contributed by atoms with van der Waals surface area (Å²) in [5, 5.41) is 3.40. The topological polar surface area (TPSA) is 51.0 Å². The van der Waals surface area contributed by atoms with Crippen molar-refractivity contribution in [2.45, 2.75) is 39.7 Å². The molecule has 18 heavy (non-hydrogen) atoms. The molecule has 0 aliphatic heterocycles. The molecule has 0 saturated carbocycles. The second-order valence-electron chi connectivity index (χ2n) is 4.61. The highest BCUT2D eigenvalue weighted by molar-refractivity contribution is 5.40. The molecular formula is C14H19N3O. The molecule has 96 valence electrons. The minimum atomic E-state index is 0.338. The van der Waals surface area contributed by atoms with E-state index >= 15 is 0 Å². The van der Waals surface area contributed by atoms with Crippen molar-refractivity contribution in [3.63, 3.8) is 0 Å². The molecule has 0 spiro atoms. The van der Waals surface area contributed by atoms with Crippen LogP contribution in [0.2, 0.25) is 0 Å². The monoisotopic (exact) mass is 245 g/mol. The number of hydrogen-bond donors (Lipinski definition) is 1. The molecule has 2 aromatic heterocycles. The van der Waals surface area contributed by atoms with Crippen LogP contribution in [0.3, 0.4) is 0 Å². The summed E-state index contributed by atoms with van der Waals surface area (Å²) in [6.07, 6.45) is 5.43. The van der Waals surface area contributed by atoms with Crippen molar-refractivity contribution in [2.24, 2.45) is 0 Å². The molecule has 1 N–H and O–H groups in total. The molecule has 0 saturated heterocycles. The molecule has 1 atom stereocenters. The van der Waals surface area contributed by atoms with E-state index in [1.807, 2.05) is 26.0 Å². The lowest BCUT2D eigenvalue weighted by atomic mass is 10.1. The molecular weight excluding hydrogens is 226 g/mol. The Kier molecular flexibility index (Phi) is 3.97. The summed E-state index contributed by atoms with van der Waals surface area (Å²) in [5.74, 6) is 1.90. The molecule has 0 fully saturated rings. The van der Waals surface area contributed by atoms with Gasteiger partial charge in [0.25, 0.3) is 0 Å². The van der Waals surface area contributed by atoms with Gasteiger partial charge in [-0.15, -0.1) is 0 Å². The van der Waals surface area contributed by atoms with Gasteiger partial charge in [-0.3, -0.25) is 4.98 Å². The summed E-state index contributed by atoms with van der Waals surface area (Å²) in [5.41, 5.74) is 1.87. The summed E-state index contributed by atoms with van der Waals surface area (Å²) in [4.78, 5) is 8.76. The maximum Gasteiger partial charge on any atom is 0.147 e. The standard InChI is InChI=1S/C14H19N3O/c1-10(6-7-13-5-4-8-18-13)16-14-12(3)15-9-11(2)17-14/h4-5,8-10H,6-7H2,1-3H3,(H,16,17). The lowest BCUT2D eigenvalue weighted by molar-refractivity contribution is 0.494. The number of aromatic nitrogens is 2. The van der Waals surface area contributed by atoms with Crippen LogP contribution in [0.5, 0.6) is 0 Å². The van der Waals surface area contributed by atoms with Crippen LogP contribution in [0, 0.1) is 13.8 Å². The van der Waals surface area contributed by atoms with Crippen LogP contribution < -0.4 is 5.32 Å². The first-order chi connectivity index (χ1) is 8.65. The van der Waals surface area contributed by atoms with E-state index < -0.39 is 0 Å². The second-order valence-corrected chi connectivity index (χ2v) is 4.61. The molecule has 1 unspecified atom stereocenters. The third-order valence-corrected chi connectivity index (χ3v) is 2.86. The summed E-state index contributed by atoms with van der Waals surface area (Å²) in [6, 6.07) is 4.26. The van der Waals surface area contributed by atoms with E-state index in [2.05, 4.69) is 22.2 Å². The van der Waals surface area contributed by atoms with Gasteiger partial charge < -0.3 is 9.73 Å². The highest BCUT2D eigenvalue weighted by Crippen LogP contribution is 2.13. The average Bonchev–Trinajstić information content (AvgIpc) is 2.84. The Balaban J connectivity index is 1.90. The van der Waals surface area contributed by atoms with Gasteiger partial charge in [-0.05, 0) is 39.3 Å². The first-order valence-electron chi connectivity index (χ1n) is 6.24. The average molecular weight is 245 g/mol. The molecule has 0 radical (unpaired) electrons. The number of furan rings is 1. The normalized spacial score (nSPS) is 12.4. The van der Waals surface area contributed by atoms with Crippen molar-refractivity contribution < 1.29 is 4.42 Å². The van der Waals surface area contributed by atoms with E-state index in [9.17, 15) is 0 Å². The molecule has 4 nitrogen and oxygen atoms in total. The van der Waals surface area contributed by atoms with Crippen LogP contribution in [0.25, 0.3) is 0 Å². The number of nitrogens with one attached hydrogen (secondary N) is 1. The Labute approximate surface area is 107 Å². The lowest BCUT2D eigenvalue weighted by Gasteiger charge is -2.15. The van der Waals surface area contributed by atoms with E-state index in [4.69, 9.17) is 4.42 Å². The molecule has 4 heteroatoms. The minimum Gasteiger partial charge on any atom is -0.469 e. The fourth-order valence-corrected chi connectivity index (χ4v) is 1.79. The first-order valence-corrected chi connectivity index (χ1v) is 6.24. The molecule has 0 amide bonds. The van der Waals surface area contributed by atoms with E-state index in [1.54, 1.807) is 12.5 Å². The Bertz CT molecular complexity index is 494. The fourth-order valence-electron chi connectivity index (χ4n) is 1.79. The van der Waals surface area contributed by atoms with Crippen LogP contribution in [0.15, 0.2) is 29.0 Å². The van der Waals surface area contributed by atoms with Gasteiger partial charge in [-0.25, -0.2) is 4.98 Å². The number of hydrogen-bond acceptors (Lipinski definition) is 4. The zero-order valence-corrected chi connectivity index (χ0v) is 11.1. The molecule has 2 aromatic rings. The second kappa shape index (κ2) is 5.67. The molecule has 0 aromatic carbocycles. The summed E-state index contributed by atoms with van der Waals surface area (Å²) >= 11 is 0. The van der Waals surface area contributed by atoms with E-state index in [1.165, 1.54) is 0 Å². The van der Waals surface area contributed by atoms with Crippen molar-refractivity contribution in [3.05, 3.63) is 41.7 Å². The number of anilines is 1. The molecule has 2 rings (SSSR count). The number of rotatable bonds is 5. The highest BCUT2D eigenvalue weighted by Gasteiger charge is 2.07. The minimum absolute atomic E-state index is 0.338. The Morgan fingerprint density at radius 2 is 2.22 bits per heavy atom. The highest BCUT2D eigenvalue weighted by atomic mass is 16.3. The number of nitrogens with zero attached hydrogens (tertiary/aromatic N) is 2. The van der Waals surface area contributed by atoms with Crippen LogP contribution in [-0.2, 0) is 6.42 Å². The van der Waals surface area contributed by atoms with Gasteiger partial charge in [0.15, 0.2) is 0 Å². The first kappa shape index (κ1) is 12.6. The van der Waals surface area contributed by atoms with Gasteiger partial charge in [0.2, 0.25) is 0 Å². The smallest absolute Gasteiger partial charge is 0.147 e. The van der Waals surface area contributed by atoms with Gasteiger partial charge in [0.1, 0.15) is 11.6 Å². The third kappa shape index (κ3) is 3.32. The van der Waals surface area contributed by atoms with Crippen LogP contribution in [-0.4, -0.2) is 16.0 Å². The molecule has 2 heterocycles. The Morgan fingerprint density at radius 1 is 1.39 bits per heavy atom. The van der Waals surface area contributed by atoms with Crippen molar-refractivity contribution in [1.29, 1.82) is 0 Å². The van der Waals surface area contributed by atoms with Gasteiger partial charge in [0.05, 0.1) is 17.7 Å². The predicted molar refractivity (Wildman–Crippen MR) is 71.6 cm³/mol. The predicted octanol–water partition coefficient (Wildman–Crippen LogP) is 3.12. The van der Waals surface area contributed by atoms with Crippen LogP contribution >= 0.6 is 0 Å². The van der Waals surface area contributed by atoms with Crippen LogP contribution in [0.4, 0.5) is 5.82 Å². The van der Waals surface area contributed by atoms with Crippen molar-refractivity contribution >= 4 is 5.82 Å². The maximum absolute atomic E-state index is 5.32. The van der Waals surface area contributed by atoms with Gasteiger partial charge in [0, 0.05) is 18.7 Å². The quantitative estimate of drug-likeness (QED) is 0.879. The summed E-state index contributed by atoms with van der Waals surface area (Å²) in [6.45, 7) is 6.06. The maximum atomic E-state index is 5.32. The van der Waals surface area contributed by atoms with Crippen molar-refractivity contribution in [2.75, 3.05) is 5.32 Å². The SMILES string of the molecule is Cc1cnc(C)c(NC(C)CCc2ccco2)n1. The summed E-state index contributed by atoms with van der Waals surface area (Å²) in [7, 11) is 0. The zero-order chi connectivity index (χ0) is 13.0. The third-order valence-electron chi connectivity index (χ3n) is 2.86. The van der Waals surface area contributed by atoms with E-state index in [-0.39, 0.29) is 0 Å². The Hall–Kier alpha value is -1.84. The van der Waals surface area contributed by atoms with E-state index in [0.29, 0.717) is 6.04 Å². The summed E-state index contributed by atoms with van der Waals surface area (Å²) < 4.78 is 5.32. The fraction of sp³-hybridized carbons (Fsp3) is 0.429. The largest absolute Gasteiger partial charge is 0.469 e. The van der Waals surface area contributed by atoms with E-state index in [0.717, 1.165) is 35.8 Å². The van der Waals surface area contributed by atoms with Gasteiger partial charge >= 0.3 is 0 Å².